The standard InChI is InChI=1S/C14H12FN3O2S2/c15-9-3-1-2-8(6-9)11-10(17-7-22-11)13(20)18-4-5-21-14(18)12(16)19/h1-3,6-7,14H,4-5H2,(H2,16,19). The molecule has 1 aliphatic heterocycles. The lowest BCUT2D eigenvalue weighted by Gasteiger charge is -2.20. The van der Waals surface area contributed by atoms with Crippen LogP contribution in [0.1, 0.15) is 10.5 Å². The fraction of sp³-hybridized carbons (Fsp3) is 0.214. The number of rotatable bonds is 3. The molecule has 3 rings (SSSR count). The minimum atomic E-state index is -0.672. The zero-order valence-corrected chi connectivity index (χ0v) is 13.0. The molecular formula is C14H12FN3O2S2. The predicted molar refractivity (Wildman–Crippen MR) is 84.0 cm³/mol. The van der Waals surface area contributed by atoms with Gasteiger partial charge in [-0.3, -0.25) is 9.59 Å². The second-order valence-corrected chi connectivity index (χ2v) is 6.71. The predicted octanol–water partition coefficient (Wildman–Crippen LogP) is 1.95. The van der Waals surface area contributed by atoms with Crippen molar-refractivity contribution >= 4 is 34.9 Å². The van der Waals surface area contributed by atoms with E-state index in [0.717, 1.165) is 0 Å². The molecule has 1 atom stereocenters. The van der Waals surface area contributed by atoms with E-state index in [-0.39, 0.29) is 17.4 Å². The van der Waals surface area contributed by atoms with E-state index >= 15 is 0 Å². The van der Waals surface area contributed by atoms with Crippen LogP contribution in [0.3, 0.4) is 0 Å². The van der Waals surface area contributed by atoms with Crippen LogP contribution in [0.5, 0.6) is 0 Å². The van der Waals surface area contributed by atoms with Gasteiger partial charge in [0, 0.05) is 12.3 Å². The highest BCUT2D eigenvalue weighted by Gasteiger charge is 2.35. The van der Waals surface area contributed by atoms with E-state index in [2.05, 4.69) is 4.98 Å². The zero-order valence-electron chi connectivity index (χ0n) is 11.4. The summed E-state index contributed by atoms with van der Waals surface area (Å²) < 4.78 is 13.4. The van der Waals surface area contributed by atoms with Gasteiger partial charge in [0.15, 0.2) is 5.37 Å². The molecule has 1 aromatic heterocycles. The van der Waals surface area contributed by atoms with E-state index in [1.807, 2.05) is 0 Å². The fourth-order valence-corrected chi connectivity index (χ4v) is 4.13. The lowest BCUT2D eigenvalue weighted by Crippen LogP contribution is -2.42. The molecule has 1 saturated heterocycles. The average molecular weight is 337 g/mol. The summed E-state index contributed by atoms with van der Waals surface area (Å²) in [6.45, 7) is 0.442. The number of hydrogen-bond acceptors (Lipinski definition) is 5. The maximum absolute atomic E-state index is 13.4. The highest BCUT2D eigenvalue weighted by atomic mass is 32.2. The first-order valence-corrected chi connectivity index (χ1v) is 8.42. The number of aromatic nitrogens is 1. The number of benzene rings is 1. The first-order chi connectivity index (χ1) is 10.6. The van der Waals surface area contributed by atoms with Gasteiger partial charge in [0.05, 0.1) is 10.4 Å². The normalized spacial score (nSPS) is 17.7. The van der Waals surface area contributed by atoms with Gasteiger partial charge in [-0.2, -0.15) is 0 Å². The number of carbonyl (C=O) groups excluding carboxylic acids is 2. The second-order valence-electron chi connectivity index (χ2n) is 4.66. The van der Waals surface area contributed by atoms with E-state index in [0.29, 0.717) is 22.7 Å². The second kappa shape index (κ2) is 6.05. The number of carbonyl (C=O) groups is 2. The fourth-order valence-electron chi connectivity index (χ4n) is 2.28. The Balaban J connectivity index is 1.95. The molecule has 2 N–H and O–H groups in total. The van der Waals surface area contributed by atoms with Crippen LogP contribution in [0.25, 0.3) is 10.4 Å². The van der Waals surface area contributed by atoms with Gasteiger partial charge < -0.3 is 10.6 Å². The minimum absolute atomic E-state index is 0.226. The number of hydrogen-bond donors (Lipinski definition) is 1. The molecular weight excluding hydrogens is 325 g/mol. The molecule has 114 valence electrons. The Labute approximate surface area is 134 Å². The van der Waals surface area contributed by atoms with E-state index < -0.39 is 11.3 Å². The number of nitrogens with zero attached hydrogens (tertiary/aromatic N) is 2. The van der Waals surface area contributed by atoms with Crippen molar-refractivity contribution in [1.29, 1.82) is 0 Å². The highest BCUT2D eigenvalue weighted by Crippen LogP contribution is 2.31. The SMILES string of the molecule is NC(=O)C1SCCN1C(=O)c1ncsc1-c1cccc(F)c1. The summed E-state index contributed by atoms with van der Waals surface area (Å²) >= 11 is 2.59. The van der Waals surface area contributed by atoms with Crippen LogP contribution in [0, 0.1) is 5.82 Å². The molecule has 22 heavy (non-hydrogen) atoms. The Morgan fingerprint density at radius 3 is 2.95 bits per heavy atom. The molecule has 1 aromatic carbocycles. The Bertz CT molecular complexity index is 734. The van der Waals surface area contributed by atoms with Crippen molar-refractivity contribution in [2.45, 2.75) is 5.37 Å². The molecule has 0 saturated carbocycles. The first-order valence-electron chi connectivity index (χ1n) is 6.49. The molecule has 0 spiro atoms. The van der Waals surface area contributed by atoms with Crippen LogP contribution in [-0.2, 0) is 4.79 Å². The Morgan fingerprint density at radius 1 is 1.41 bits per heavy atom. The molecule has 1 aliphatic rings. The minimum Gasteiger partial charge on any atom is -0.367 e. The molecule has 2 amide bonds. The van der Waals surface area contributed by atoms with Crippen molar-refractivity contribution in [1.82, 2.24) is 9.88 Å². The van der Waals surface area contributed by atoms with Gasteiger partial charge >= 0.3 is 0 Å². The van der Waals surface area contributed by atoms with Crippen LogP contribution in [0.4, 0.5) is 4.39 Å². The van der Waals surface area contributed by atoms with E-state index in [4.69, 9.17) is 5.73 Å². The van der Waals surface area contributed by atoms with Crippen LogP contribution in [0.15, 0.2) is 29.8 Å². The number of primary amides is 1. The van der Waals surface area contributed by atoms with Crippen molar-refractivity contribution < 1.29 is 14.0 Å². The average Bonchev–Trinajstić information content (AvgIpc) is 3.15. The maximum Gasteiger partial charge on any atom is 0.275 e. The number of nitrogens with two attached hydrogens (primary N) is 1. The Kier molecular flexibility index (Phi) is 4.12. The summed E-state index contributed by atoms with van der Waals surface area (Å²) in [5.74, 6) is -0.623. The monoisotopic (exact) mass is 337 g/mol. The van der Waals surface area contributed by atoms with Crippen molar-refractivity contribution in [2.24, 2.45) is 5.73 Å². The summed E-state index contributed by atoms with van der Waals surface area (Å²) in [6.07, 6.45) is 0. The smallest absolute Gasteiger partial charge is 0.275 e. The molecule has 5 nitrogen and oxygen atoms in total. The largest absolute Gasteiger partial charge is 0.367 e. The molecule has 0 radical (unpaired) electrons. The van der Waals surface area contributed by atoms with Crippen LogP contribution >= 0.6 is 23.1 Å². The molecule has 2 aromatic rings. The third-order valence-corrected chi connectivity index (χ3v) is 5.35. The summed E-state index contributed by atoms with van der Waals surface area (Å²) in [6, 6.07) is 6.00. The maximum atomic E-state index is 13.4. The van der Waals surface area contributed by atoms with Gasteiger partial charge in [-0.1, -0.05) is 12.1 Å². The van der Waals surface area contributed by atoms with Crippen molar-refractivity contribution in [3.8, 4) is 10.4 Å². The van der Waals surface area contributed by atoms with Crippen LogP contribution < -0.4 is 5.73 Å². The van der Waals surface area contributed by atoms with Crippen molar-refractivity contribution in [2.75, 3.05) is 12.3 Å². The van der Waals surface area contributed by atoms with Gasteiger partial charge in [-0.25, -0.2) is 9.37 Å². The summed E-state index contributed by atoms with van der Waals surface area (Å²) in [7, 11) is 0. The molecule has 1 unspecified atom stereocenters. The molecule has 8 heteroatoms. The quantitative estimate of drug-likeness (QED) is 0.929. The third-order valence-electron chi connectivity index (χ3n) is 3.25. The molecule has 2 heterocycles. The Morgan fingerprint density at radius 2 is 2.23 bits per heavy atom. The highest BCUT2D eigenvalue weighted by molar-refractivity contribution is 8.00. The summed E-state index contributed by atoms with van der Waals surface area (Å²) in [5.41, 5.74) is 7.68. The van der Waals surface area contributed by atoms with Crippen LogP contribution in [-0.4, -0.2) is 39.4 Å². The molecule has 0 bridgehead atoms. The Hall–Kier alpha value is -1.93. The van der Waals surface area contributed by atoms with E-state index in [1.54, 1.807) is 12.1 Å². The van der Waals surface area contributed by atoms with Gasteiger partial charge in [0.25, 0.3) is 11.8 Å². The molecule has 0 aliphatic carbocycles. The number of halogens is 1. The number of thioether (sulfide) groups is 1. The number of thiazole rings is 1. The van der Waals surface area contributed by atoms with Crippen LogP contribution in [0.2, 0.25) is 0 Å². The van der Waals surface area contributed by atoms with E-state index in [9.17, 15) is 14.0 Å². The topological polar surface area (TPSA) is 76.3 Å². The number of amides is 2. The van der Waals surface area contributed by atoms with Gasteiger partial charge in [-0.15, -0.1) is 23.1 Å². The lowest BCUT2D eigenvalue weighted by molar-refractivity contribution is -0.119. The summed E-state index contributed by atoms with van der Waals surface area (Å²) in [5, 5.41) is -0.672. The molecule has 1 fully saturated rings. The van der Waals surface area contributed by atoms with Gasteiger partial charge in [0.2, 0.25) is 0 Å². The zero-order chi connectivity index (χ0) is 15.7. The lowest BCUT2D eigenvalue weighted by atomic mass is 10.1. The first kappa shape index (κ1) is 15.0. The third kappa shape index (κ3) is 2.71. The van der Waals surface area contributed by atoms with Gasteiger partial charge in [-0.05, 0) is 17.7 Å². The van der Waals surface area contributed by atoms with Crippen molar-refractivity contribution in [3.63, 3.8) is 0 Å². The van der Waals surface area contributed by atoms with Gasteiger partial charge in [0.1, 0.15) is 11.5 Å². The summed E-state index contributed by atoms with van der Waals surface area (Å²) in [4.78, 5) is 30.2. The van der Waals surface area contributed by atoms with E-state index in [1.165, 1.54) is 45.6 Å². The van der Waals surface area contributed by atoms with Crippen molar-refractivity contribution in [3.05, 3.63) is 41.3 Å².